The lowest BCUT2D eigenvalue weighted by atomic mass is 10.2. The Balaban J connectivity index is 0.938. The Bertz CT molecular complexity index is 1730. The summed E-state index contributed by atoms with van der Waals surface area (Å²) in [6, 6.07) is 9.22. The lowest BCUT2D eigenvalue weighted by Crippen LogP contribution is -2.49. The predicted molar refractivity (Wildman–Crippen MR) is 179 cm³/mol. The van der Waals surface area contributed by atoms with Gasteiger partial charge in [0.2, 0.25) is 17.3 Å². The fraction of sp³-hybridized carbons (Fsp3) is 0.467. The number of anilines is 1. The van der Waals surface area contributed by atoms with E-state index in [-0.39, 0.29) is 53.0 Å². The Labute approximate surface area is 283 Å². The van der Waals surface area contributed by atoms with Crippen LogP contribution in [0.3, 0.4) is 0 Å². The van der Waals surface area contributed by atoms with Gasteiger partial charge in [0.15, 0.2) is 5.52 Å². The Kier molecular flexibility index (Phi) is 10.3. The molecular weight excluding hydrogens is 665 g/mol. The third-order valence-corrected chi connectivity index (χ3v) is 11.1. The number of phenolic OH excluding ortho intramolecular Hbond substituents is 1. The van der Waals surface area contributed by atoms with Crippen molar-refractivity contribution in [3.8, 4) is 5.75 Å². The molecule has 48 heavy (non-hydrogen) atoms. The number of amides is 2. The van der Waals surface area contributed by atoms with Crippen LogP contribution in [0.4, 0.5) is 11.4 Å². The zero-order valence-corrected chi connectivity index (χ0v) is 27.4. The van der Waals surface area contributed by atoms with E-state index in [1.165, 1.54) is 6.07 Å². The summed E-state index contributed by atoms with van der Waals surface area (Å²) in [4.78, 5) is 58.6. The topological polar surface area (TPSA) is 208 Å². The maximum absolute atomic E-state index is 12.9. The summed E-state index contributed by atoms with van der Waals surface area (Å²) in [5, 5.41) is 42.4. The van der Waals surface area contributed by atoms with E-state index in [1.54, 1.807) is 46.6 Å². The molecule has 254 valence electrons. The van der Waals surface area contributed by atoms with Crippen LogP contribution in [0, 0.1) is 10.1 Å². The largest absolute Gasteiger partial charge is 0.507 e. The minimum Gasteiger partial charge on any atom is -0.507 e. The molecule has 0 bridgehead atoms. The molecule has 4 heterocycles. The van der Waals surface area contributed by atoms with Crippen molar-refractivity contribution in [1.29, 1.82) is 0 Å². The van der Waals surface area contributed by atoms with Gasteiger partial charge in [-0.2, -0.15) is 0 Å². The highest BCUT2D eigenvalue weighted by molar-refractivity contribution is 8.14. The number of nitrogens with zero attached hydrogens (tertiary/aromatic N) is 7. The normalized spacial score (nSPS) is 21.4. The first-order valence-electron chi connectivity index (χ1n) is 15.5. The number of nitrogens with one attached hydrogen (secondary N) is 1. The molecule has 2 saturated heterocycles. The second-order valence-electron chi connectivity index (χ2n) is 11.5. The van der Waals surface area contributed by atoms with E-state index in [0.717, 1.165) is 5.04 Å². The number of carboxylic acid groups (broad SMARTS) is 1. The highest BCUT2D eigenvalue weighted by Gasteiger charge is 2.43. The van der Waals surface area contributed by atoms with Crippen LogP contribution in [-0.2, 0) is 14.4 Å². The van der Waals surface area contributed by atoms with E-state index < -0.39 is 16.9 Å². The number of aliphatic imine (C=N–C) groups is 1. The van der Waals surface area contributed by atoms with Gasteiger partial charge >= 0.3 is 11.7 Å². The molecule has 6 rings (SSSR count). The van der Waals surface area contributed by atoms with Gasteiger partial charge in [0.25, 0.3) is 0 Å². The fourth-order valence-electron chi connectivity index (χ4n) is 6.12. The summed E-state index contributed by atoms with van der Waals surface area (Å²) >= 11 is 3.12. The lowest BCUT2D eigenvalue weighted by molar-refractivity contribution is -0.383. The minimum atomic E-state index is -0.889. The number of nitro benzene ring substituents is 1. The third kappa shape index (κ3) is 7.19. The number of rotatable bonds is 12. The first-order chi connectivity index (χ1) is 23.2. The van der Waals surface area contributed by atoms with Crippen LogP contribution >= 0.6 is 23.5 Å². The average molecular weight is 699 g/mol. The number of carbonyl (C=O) groups is 3. The van der Waals surface area contributed by atoms with Gasteiger partial charge in [0, 0.05) is 75.2 Å². The number of fused-ring (bicyclic) bond motifs is 1. The molecule has 0 saturated carbocycles. The second-order valence-corrected chi connectivity index (χ2v) is 13.7. The first-order valence-corrected chi connectivity index (χ1v) is 17.5. The van der Waals surface area contributed by atoms with E-state index in [2.05, 4.69) is 15.6 Å². The number of carboxylic acids is 1. The predicted octanol–water partition coefficient (Wildman–Crippen LogP) is 2.16. The summed E-state index contributed by atoms with van der Waals surface area (Å²) < 4.78 is 4.75. The summed E-state index contributed by atoms with van der Waals surface area (Å²) in [6.45, 7) is 2.60. The zero-order chi connectivity index (χ0) is 33.8. The molecule has 2 amide bonds. The van der Waals surface area contributed by atoms with Gasteiger partial charge in [0.1, 0.15) is 16.8 Å². The number of hydrogen-bond donors (Lipinski definition) is 3. The number of hydrogen-bond acceptors (Lipinski definition) is 14. The molecule has 16 nitrogen and oxygen atoms in total. The summed E-state index contributed by atoms with van der Waals surface area (Å²) in [6.07, 6.45) is 0.633. The first kappa shape index (κ1) is 33.5. The Morgan fingerprint density at radius 2 is 1.81 bits per heavy atom. The van der Waals surface area contributed by atoms with Gasteiger partial charge in [-0.1, -0.05) is 12.1 Å². The van der Waals surface area contributed by atoms with E-state index in [0.29, 0.717) is 74.0 Å². The smallest absolute Gasteiger partial charge is 0.321 e. The molecule has 2 fully saturated rings. The maximum Gasteiger partial charge on any atom is 0.321 e. The lowest BCUT2D eigenvalue weighted by Gasteiger charge is -2.36. The fourth-order valence-corrected chi connectivity index (χ4v) is 8.90. The van der Waals surface area contributed by atoms with Crippen LogP contribution in [0.1, 0.15) is 24.8 Å². The quantitative estimate of drug-likeness (QED) is 0.141. The average Bonchev–Trinajstić information content (AvgIpc) is 3.85. The number of aromatic hydroxyl groups is 1. The van der Waals surface area contributed by atoms with E-state index >= 15 is 0 Å². The monoisotopic (exact) mass is 698 g/mol. The summed E-state index contributed by atoms with van der Waals surface area (Å²) in [7, 11) is 0. The standard InChI is InChI=1S/C30H34N8O8S2/c39-23-5-2-1-4-18(23)28-32-19(16-47-28)29-37(22(17-48-29)30(42)43)11-3-10-31-24(40)8-9-25(41)36-14-12-35(13-15-36)20-6-7-21(38(44)45)27-26(20)33-46-34-27/h1-2,4-7,19,22,29,39H,3,8-17H2,(H,31,40)(H,42,43)/t19-,22+,29?/m1/s1. The number of non-ortho nitro benzene ring substituents is 1. The molecule has 3 atom stereocenters. The molecule has 1 aromatic heterocycles. The second kappa shape index (κ2) is 14.8. The number of para-hydroxylation sites is 1. The molecule has 18 heteroatoms. The molecule has 0 spiro atoms. The molecule has 2 aromatic carbocycles. The van der Waals surface area contributed by atoms with Crippen molar-refractivity contribution in [1.82, 2.24) is 25.4 Å². The number of nitro groups is 1. The van der Waals surface area contributed by atoms with Crippen molar-refractivity contribution >= 4 is 68.8 Å². The molecule has 0 aliphatic carbocycles. The SMILES string of the molecule is O=C(CCC(=O)N1CCN(c2ccc([N+](=O)[O-])c3nonc23)CC1)NCCCN1C([C@H]2CSC(c3ccccc3O)=N2)SC[C@H]1C(=O)O. The van der Waals surface area contributed by atoms with Crippen molar-refractivity contribution in [2.75, 3.05) is 55.7 Å². The maximum atomic E-state index is 12.9. The number of phenols is 1. The van der Waals surface area contributed by atoms with Crippen molar-refractivity contribution in [3.63, 3.8) is 0 Å². The number of aliphatic carboxylic acids is 1. The van der Waals surface area contributed by atoms with Gasteiger partial charge < -0.3 is 25.3 Å². The molecule has 0 radical (unpaired) electrons. The minimum absolute atomic E-state index is 0.0374. The number of aromatic nitrogens is 2. The van der Waals surface area contributed by atoms with E-state index in [9.17, 15) is 34.7 Å². The highest BCUT2D eigenvalue weighted by atomic mass is 32.2. The molecular formula is C30H34N8O8S2. The summed E-state index contributed by atoms with van der Waals surface area (Å²) in [5.74, 6) is 0.0159. The van der Waals surface area contributed by atoms with Gasteiger partial charge in [-0.25, -0.2) is 4.63 Å². The molecule has 3 N–H and O–H groups in total. The van der Waals surface area contributed by atoms with Gasteiger partial charge in [-0.3, -0.25) is 34.4 Å². The molecule has 1 unspecified atom stereocenters. The van der Waals surface area contributed by atoms with Crippen LogP contribution in [-0.4, -0.2) is 126 Å². The van der Waals surface area contributed by atoms with Crippen LogP contribution in [0.15, 0.2) is 46.0 Å². The Morgan fingerprint density at radius 1 is 1.04 bits per heavy atom. The zero-order valence-electron chi connectivity index (χ0n) is 25.8. The number of piperazine rings is 1. The number of thioether (sulfide) groups is 2. The number of carbonyl (C=O) groups excluding carboxylic acids is 2. The van der Waals surface area contributed by atoms with Crippen LogP contribution in [0.25, 0.3) is 11.0 Å². The van der Waals surface area contributed by atoms with Crippen LogP contribution in [0.5, 0.6) is 5.75 Å². The Morgan fingerprint density at radius 3 is 2.56 bits per heavy atom. The van der Waals surface area contributed by atoms with E-state index in [4.69, 9.17) is 9.62 Å². The van der Waals surface area contributed by atoms with Crippen molar-refractivity contribution in [3.05, 3.63) is 52.1 Å². The molecule has 3 aliphatic heterocycles. The van der Waals surface area contributed by atoms with E-state index in [1.807, 2.05) is 21.9 Å². The number of benzene rings is 2. The molecule has 3 aliphatic rings. The van der Waals surface area contributed by atoms with Gasteiger partial charge in [-0.05, 0) is 34.9 Å². The van der Waals surface area contributed by atoms with Gasteiger partial charge in [0.05, 0.1) is 22.0 Å². The van der Waals surface area contributed by atoms with Crippen molar-refractivity contribution < 1.29 is 34.1 Å². The highest BCUT2D eigenvalue weighted by Crippen LogP contribution is 2.38. The third-order valence-electron chi connectivity index (χ3n) is 8.60. The molecule has 3 aromatic rings. The van der Waals surface area contributed by atoms with Crippen LogP contribution in [0.2, 0.25) is 0 Å². The van der Waals surface area contributed by atoms with Gasteiger partial charge in [-0.15, -0.1) is 23.5 Å². The Hall–Kier alpha value is -4.42. The summed E-state index contributed by atoms with van der Waals surface area (Å²) in [5.41, 5.74) is 1.49. The van der Waals surface area contributed by atoms with Crippen molar-refractivity contribution in [2.24, 2.45) is 4.99 Å². The van der Waals surface area contributed by atoms with Crippen LogP contribution < -0.4 is 10.2 Å². The van der Waals surface area contributed by atoms with Crippen molar-refractivity contribution in [2.45, 2.75) is 36.7 Å².